The third kappa shape index (κ3) is 4.62. The maximum Gasteiger partial charge on any atom is 0.227 e. The Kier molecular flexibility index (Phi) is 5.59. The summed E-state index contributed by atoms with van der Waals surface area (Å²) in [6, 6.07) is 7.22. The molecule has 0 atom stereocenters. The van der Waals surface area contributed by atoms with E-state index in [0.29, 0.717) is 25.9 Å². The van der Waals surface area contributed by atoms with Crippen molar-refractivity contribution in [1.82, 2.24) is 4.90 Å². The molecule has 0 bridgehead atoms. The molecule has 0 spiro atoms. The molecule has 140 valence electrons. The molecule has 3 amide bonds. The maximum absolute atomic E-state index is 12.5. The molecule has 26 heavy (non-hydrogen) atoms. The Morgan fingerprint density at radius 3 is 1.65 bits per heavy atom. The van der Waals surface area contributed by atoms with Gasteiger partial charge in [-0.15, -0.1) is 0 Å². The van der Waals surface area contributed by atoms with Crippen LogP contribution in [0.4, 0.5) is 11.4 Å². The molecule has 2 fully saturated rings. The first-order valence-electron chi connectivity index (χ1n) is 9.44. The largest absolute Gasteiger partial charge is 0.342 e. The molecular formula is C20H27N3O3. The number of likely N-dealkylation sites (tertiary alicyclic amines) is 1. The summed E-state index contributed by atoms with van der Waals surface area (Å²) in [4.78, 5) is 38.1. The molecule has 2 aliphatic rings. The van der Waals surface area contributed by atoms with Crippen molar-refractivity contribution in [2.45, 2.75) is 39.5 Å². The normalized spacial score (nSPS) is 17.9. The van der Waals surface area contributed by atoms with Gasteiger partial charge in [-0.1, -0.05) is 13.8 Å². The van der Waals surface area contributed by atoms with Crippen LogP contribution in [0, 0.1) is 17.8 Å². The average molecular weight is 357 g/mol. The molecule has 0 unspecified atom stereocenters. The first-order chi connectivity index (χ1) is 12.4. The molecule has 6 nitrogen and oxygen atoms in total. The molecule has 1 aliphatic heterocycles. The Hall–Kier alpha value is -2.37. The number of anilines is 2. The number of carbonyl (C=O) groups is 3. The second kappa shape index (κ2) is 7.89. The van der Waals surface area contributed by atoms with E-state index in [4.69, 9.17) is 0 Å². The molecule has 2 N–H and O–H groups in total. The molecular weight excluding hydrogens is 330 g/mol. The molecule has 0 radical (unpaired) electrons. The zero-order valence-corrected chi connectivity index (χ0v) is 15.5. The topological polar surface area (TPSA) is 78.5 Å². The Morgan fingerprint density at radius 2 is 1.27 bits per heavy atom. The number of nitrogens with zero attached hydrogens (tertiary/aromatic N) is 1. The Balaban J connectivity index is 1.47. The van der Waals surface area contributed by atoms with Crippen LogP contribution in [-0.2, 0) is 14.4 Å². The van der Waals surface area contributed by atoms with E-state index in [-0.39, 0.29) is 35.5 Å². The van der Waals surface area contributed by atoms with Crippen LogP contribution in [0.25, 0.3) is 0 Å². The summed E-state index contributed by atoms with van der Waals surface area (Å²) in [6.45, 7) is 5.08. The van der Waals surface area contributed by atoms with Gasteiger partial charge < -0.3 is 15.5 Å². The zero-order valence-electron chi connectivity index (χ0n) is 15.5. The first-order valence-corrected chi connectivity index (χ1v) is 9.44. The van der Waals surface area contributed by atoms with Crippen LogP contribution in [0.2, 0.25) is 0 Å². The van der Waals surface area contributed by atoms with Crippen LogP contribution in [0.3, 0.4) is 0 Å². The second-order valence-electron chi connectivity index (χ2n) is 7.58. The number of carbonyl (C=O) groups excluding carboxylic acids is 3. The van der Waals surface area contributed by atoms with Crippen LogP contribution in [0.1, 0.15) is 39.5 Å². The van der Waals surface area contributed by atoms with Gasteiger partial charge in [0.15, 0.2) is 0 Å². The van der Waals surface area contributed by atoms with Crippen LogP contribution in [-0.4, -0.2) is 35.7 Å². The Bertz CT molecular complexity index is 672. The predicted molar refractivity (Wildman–Crippen MR) is 101 cm³/mol. The van der Waals surface area contributed by atoms with Crippen molar-refractivity contribution in [3.8, 4) is 0 Å². The fourth-order valence-corrected chi connectivity index (χ4v) is 3.20. The monoisotopic (exact) mass is 357 g/mol. The van der Waals surface area contributed by atoms with E-state index in [0.717, 1.165) is 24.2 Å². The van der Waals surface area contributed by atoms with E-state index in [1.165, 1.54) is 0 Å². The molecule has 3 rings (SSSR count). The summed E-state index contributed by atoms with van der Waals surface area (Å²) in [5.41, 5.74) is 1.47. The van der Waals surface area contributed by atoms with Gasteiger partial charge in [-0.3, -0.25) is 14.4 Å². The summed E-state index contributed by atoms with van der Waals surface area (Å²) in [5.74, 6) is 0.330. The Morgan fingerprint density at radius 1 is 0.846 bits per heavy atom. The summed E-state index contributed by atoms with van der Waals surface area (Å²) in [6.07, 6.45) is 3.34. The van der Waals surface area contributed by atoms with E-state index in [1.54, 1.807) is 24.3 Å². The first kappa shape index (κ1) is 18.4. The molecule has 1 heterocycles. The van der Waals surface area contributed by atoms with Crippen molar-refractivity contribution in [3.63, 3.8) is 0 Å². The lowest BCUT2D eigenvalue weighted by atomic mass is 9.95. The highest BCUT2D eigenvalue weighted by Gasteiger charge is 2.30. The fourth-order valence-electron chi connectivity index (χ4n) is 3.20. The number of rotatable bonds is 5. The molecule has 1 aromatic carbocycles. The standard InChI is InChI=1S/C20H27N3O3/c1-13(2)20(26)23-11-9-15(10-12-23)19(25)22-17-7-5-16(6-8-17)21-18(24)14-3-4-14/h5-8,13-15H,3-4,9-12H2,1-2H3,(H,21,24)(H,22,25). The lowest BCUT2D eigenvalue weighted by Gasteiger charge is -2.32. The van der Waals surface area contributed by atoms with Crippen molar-refractivity contribution in [2.24, 2.45) is 17.8 Å². The van der Waals surface area contributed by atoms with Gasteiger partial charge in [0.25, 0.3) is 0 Å². The number of hydrogen-bond donors (Lipinski definition) is 2. The highest BCUT2D eigenvalue weighted by atomic mass is 16.2. The molecule has 0 aromatic heterocycles. The minimum Gasteiger partial charge on any atom is -0.342 e. The quantitative estimate of drug-likeness (QED) is 0.850. The summed E-state index contributed by atoms with van der Waals surface area (Å²) < 4.78 is 0. The van der Waals surface area contributed by atoms with E-state index in [1.807, 2.05) is 18.7 Å². The van der Waals surface area contributed by atoms with Crippen molar-refractivity contribution in [3.05, 3.63) is 24.3 Å². The number of benzene rings is 1. The van der Waals surface area contributed by atoms with E-state index in [2.05, 4.69) is 10.6 Å². The highest BCUT2D eigenvalue weighted by Crippen LogP contribution is 2.30. The molecule has 6 heteroatoms. The minimum absolute atomic E-state index is 0.000651. The second-order valence-corrected chi connectivity index (χ2v) is 7.58. The van der Waals surface area contributed by atoms with Gasteiger partial charge in [-0.25, -0.2) is 0 Å². The van der Waals surface area contributed by atoms with Gasteiger partial charge >= 0.3 is 0 Å². The van der Waals surface area contributed by atoms with Crippen molar-refractivity contribution in [1.29, 1.82) is 0 Å². The lowest BCUT2D eigenvalue weighted by molar-refractivity contribution is -0.137. The molecule has 1 saturated heterocycles. The van der Waals surface area contributed by atoms with Gasteiger partial charge in [-0.05, 0) is 49.9 Å². The van der Waals surface area contributed by atoms with E-state index in [9.17, 15) is 14.4 Å². The number of nitrogens with one attached hydrogen (secondary N) is 2. The van der Waals surface area contributed by atoms with Gasteiger partial charge in [-0.2, -0.15) is 0 Å². The number of piperidine rings is 1. The van der Waals surface area contributed by atoms with Crippen molar-refractivity contribution < 1.29 is 14.4 Å². The van der Waals surface area contributed by atoms with E-state index < -0.39 is 0 Å². The van der Waals surface area contributed by atoms with Gasteiger partial charge in [0.2, 0.25) is 17.7 Å². The summed E-state index contributed by atoms with van der Waals surface area (Å²) >= 11 is 0. The van der Waals surface area contributed by atoms with Crippen LogP contribution in [0.15, 0.2) is 24.3 Å². The predicted octanol–water partition coefficient (Wildman–Crippen LogP) is 2.87. The Labute approximate surface area is 154 Å². The van der Waals surface area contributed by atoms with E-state index >= 15 is 0 Å². The third-order valence-corrected chi connectivity index (χ3v) is 5.04. The van der Waals surface area contributed by atoms with Crippen LogP contribution < -0.4 is 10.6 Å². The van der Waals surface area contributed by atoms with Gasteiger partial charge in [0.05, 0.1) is 0 Å². The number of hydrogen-bond acceptors (Lipinski definition) is 3. The van der Waals surface area contributed by atoms with Gasteiger partial charge in [0, 0.05) is 42.2 Å². The summed E-state index contributed by atoms with van der Waals surface area (Å²) in [7, 11) is 0. The van der Waals surface area contributed by atoms with Crippen LogP contribution in [0.5, 0.6) is 0 Å². The highest BCUT2D eigenvalue weighted by molar-refractivity contribution is 5.95. The third-order valence-electron chi connectivity index (χ3n) is 5.04. The minimum atomic E-state index is -0.0690. The molecule has 1 aliphatic carbocycles. The van der Waals surface area contributed by atoms with Crippen molar-refractivity contribution in [2.75, 3.05) is 23.7 Å². The fraction of sp³-hybridized carbons (Fsp3) is 0.550. The smallest absolute Gasteiger partial charge is 0.227 e. The van der Waals surface area contributed by atoms with Gasteiger partial charge in [0.1, 0.15) is 0 Å². The maximum atomic E-state index is 12.5. The SMILES string of the molecule is CC(C)C(=O)N1CCC(C(=O)Nc2ccc(NC(=O)C3CC3)cc2)CC1. The molecule has 1 aromatic rings. The van der Waals surface area contributed by atoms with Crippen LogP contribution >= 0.6 is 0 Å². The average Bonchev–Trinajstić information content (AvgIpc) is 3.48. The zero-order chi connectivity index (χ0) is 18.7. The molecule has 1 saturated carbocycles. The van der Waals surface area contributed by atoms with Crippen molar-refractivity contribution >= 4 is 29.1 Å². The number of amides is 3. The lowest BCUT2D eigenvalue weighted by Crippen LogP contribution is -2.43. The summed E-state index contributed by atoms with van der Waals surface area (Å²) in [5, 5.41) is 5.82.